The summed E-state index contributed by atoms with van der Waals surface area (Å²) in [6.07, 6.45) is -1.09. The molecule has 23 heavy (non-hydrogen) atoms. The molecule has 7 heteroatoms. The topological polar surface area (TPSA) is 77.2 Å². The predicted molar refractivity (Wildman–Crippen MR) is 84.2 cm³/mol. The van der Waals surface area contributed by atoms with Gasteiger partial charge >= 0.3 is 5.37 Å². The van der Waals surface area contributed by atoms with E-state index in [-0.39, 0.29) is 18.1 Å². The molecular formula is C16H21NO5S. The second-order valence-electron chi connectivity index (χ2n) is 6.13. The van der Waals surface area contributed by atoms with Crippen molar-refractivity contribution in [2.24, 2.45) is 5.92 Å². The highest BCUT2D eigenvalue weighted by Crippen LogP contribution is 2.30. The number of nitrogens with zero attached hydrogens (tertiary/aromatic N) is 1. The Kier molecular flexibility index (Phi) is 5.11. The van der Waals surface area contributed by atoms with Crippen LogP contribution in [0.25, 0.3) is 4.85 Å². The molecule has 1 aliphatic rings. The predicted octanol–water partition coefficient (Wildman–Crippen LogP) is 1.77. The molecule has 1 aliphatic heterocycles. The van der Waals surface area contributed by atoms with Gasteiger partial charge in [-0.15, -0.1) is 0 Å². The lowest BCUT2D eigenvalue weighted by Crippen LogP contribution is -2.39. The summed E-state index contributed by atoms with van der Waals surface area (Å²) in [7, 11) is -3.90. The van der Waals surface area contributed by atoms with Crippen LogP contribution in [0.2, 0.25) is 0 Å². The van der Waals surface area contributed by atoms with E-state index in [1.54, 1.807) is 26.0 Å². The molecule has 0 spiro atoms. The molecule has 0 radical (unpaired) electrons. The molecule has 1 fully saturated rings. The van der Waals surface area contributed by atoms with Crippen LogP contribution < -0.4 is 0 Å². The minimum atomic E-state index is -3.90. The lowest BCUT2D eigenvalue weighted by atomic mass is 10.0. The van der Waals surface area contributed by atoms with E-state index in [0.717, 1.165) is 5.56 Å². The fourth-order valence-electron chi connectivity index (χ4n) is 2.39. The Morgan fingerprint density at radius 3 is 2.39 bits per heavy atom. The smallest absolute Gasteiger partial charge is 0.332 e. The van der Waals surface area contributed by atoms with Crippen LogP contribution in [0.5, 0.6) is 0 Å². The van der Waals surface area contributed by atoms with Crippen molar-refractivity contribution in [1.29, 1.82) is 0 Å². The molecule has 6 nitrogen and oxygen atoms in total. The molecule has 0 aliphatic carbocycles. The number of aliphatic hydroxyl groups excluding tert-OH is 1. The standard InChI is InChI=1S/C16H21NO5S/c1-11-5-7-12(8-6-11)23(19,20)15(17-4)13-9-21-16(2,3)22-10-14(13)18/h5-8,13-15,18H,9-10H2,1-3H3. The summed E-state index contributed by atoms with van der Waals surface area (Å²) in [6, 6.07) is 6.32. The van der Waals surface area contributed by atoms with E-state index in [4.69, 9.17) is 16.0 Å². The molecule has 0 amide bonds. The number of hydrogen-bond donors (Lipinski definition) is 1. The number of aliphatic hydroxyl groups is 1. The highest BCUT2D eigenvalue weighted by atomic mass is 32.2. The fraction of sp³-hybridized carbons (Fsp3) is 0.562. The van der Waals surface area contributed by atoms with Crippen LogP contribution >= 0.6 is 0 Å². The molecule has 1 saturated heterocycles. The minimum absolute atomic E-state index is 0.0632. The van der Waals surface area contributed by atoms with E-state index in [1.807, 2.05) is 6.92 Å². The third kappa shape index (κ3) is 3.90. The summed E-state index contributed by atoms with van der Waals surface area (Å²) < 4.78 is 36.5. The zero-order valence-electron chi connectivity index (χ0n) is 13.4. The van der Waals surface area contributed by atoms with Crippen LogP contribution in [0, 0.1) is 19.4 Å². The van der Waals surface area contributed by atoms with E-state index in [9.17, 15) is 13.5 Å². The van der Waals surface area contributed by atoms with Crippen LogP contribution in [-0.4, -0.2) is 44.0 Å². The first kappa shape index (κ1) is 17.9. The maximum absolute atomic E-state index is 12.8. The van der Waals surface area contributed by atoms with Crippen molar-refractivity contribution in [2.75, 3.05) is 13.2 Å². The molecule has 1 aromatic rings. The summed E-state index contributed by atoms with van der Waals surface area (Å²) in [5.41, 5.74) is 0.927. The van der Waals surface area contributed by atoms with Crippen LogP contribution in [0.15, 0.2) is 29.2 Å². The van der Waals surface area contributed by atoms with Crippen LogP contribution in [-0.2, 0) is 19.3 Å². The fourth-order valence-corrected chi connectivity index (χ4v) is 4.05. The molecule has 1 aromatic carbocycles. The maximum Gasteiger partial charge on any atom is 0.332 e. The second-order valence-corrected chi connectivity index (χ2v) is 8.18. The molecule has 0 saturated carbocycles. The maximum atomic E-state index is 12.8. The lowest BCUT2D eigenvalue weighted by molar-refractivity contribution is -0.204. The second kappa shape index (κ2) is 6.57. The lowest BCUT2D eigenvalue weighted by Gasteiger charge is -2.22. The molecule has 1 N–H and O–H groups in total. The number of rotatable bonds is 3. The van der Waals surface area contributed by atoms with Gasteiger partial charge in [-0.2, -0.15) is 0 Å². The summed E-state index contributed by atoms with van der Waals surface area (Å²) in [4.78, 5) is 3.36. The third-order valence-electron chi connectivity index (χ3n) is 3.88. The third-order valence-corrected chi connectivity index (χ3v) is 5.90. The zero-order valence-corrected chi connectivity index (χ0v) is 14.2. The van der Waals surface area contributed by atoms with Crippen molar-refractivity contribution in [1.82, 2.24) is 0 Å². The van der Waals surface area contributed by atoms with Crippen LogP contribution in [0.4, 0.5) is 0 Å². The summed E-state index contributed by atoms with van der Waals surface area (Å²) in [5, 5.41) is 8.81. The van der Waals surface area contributed by atoms with E-state index in [1.165, 1.54) is 12.1 Å². The first-order valence-electron chi connectivity index (χ1n) is 7.30. The van der Waals surface area contributed by atoms with Gasteiger partial charge in [0, 0.05) is 0 Å². The van der Waals surface area contributed by atoms with Gasteiger partial charge in [0.25, 0.3) is 9.84 Å². The van der Waals surface area contributed by atoms with E-state index >= 15 is 0 Å². The molecule has 3 atom stereocenters. The number of ether oxygens (including phenoxy) is 2. The van der Waals surface area contributed by atoms with Gasteiger partial charge in [-0.25, -0.2) is 15.0 Å². The van der Waals surface area contributed by atoms with Crippen molar-refractivity contribution < 1.29 is 23.0 Å². The molecule has 1 heterocycles. The monoisotopic (exact) mass is 339 g/mol. The van der Waals surface area contributed by atoms with E-state index in [2.05, 4.69) is 4.85 Å². The SMILES string of the molecule is [C-]#[N+]C(C1COC(C)(C)OCC1O)S(=O)(=O)c1ccc(C)cc1. The van der Waals surface area contributed by atoms with Crippen molar-refractivity contribution in [3.05, 3.63) is 41.2 Å². The molecule has 126 valence electrons. The molecule has 3 unspecified atom stereocenters. The first-order chi connectivity index (χ1) is 10.7. The molecule has 0 bridgehead atoms. The Hall–Kier alpha value is -1.46. The molecule has 0 aromatic heterocycles. The summed E-state index contributed by atoms with van der Waals surface area (Å²) in [5.74, 6) is -1.80. The quantitative estimate of drug-likeness (QED) is 0.850. The highest BCUT2D eigenvalue weighted by molar-refractivity contribution is 7.92. The first-order valence-corrected chi connectivity index (χ1v) is 8.85. The number of sulfone groups is 1. The Balaban J connectivity index is 2.34. The highest BCUT2D eigenvalue weighted by Gasteiger charge is 2.46. The van der Waals surface area contributed by atoms with Gasteiger partial charge in [0.15, 0.2) is 5.79 Å². The number of benzene rings is 1. The molecule has 2 rings (SSSR count). The van der Waals surface area contributed by atoms with Crippen LogP contribution in [0.3, 0.4) is 0 Å². The Morgan fingerprint density at radius 1 is 1.26 bits per heavy atom. The number of aryl methyl sites for hydroxylation is 1. The Labute approximate surface area is 136 Å². The Bertz CT molecular complexity index is 690. The van der Waals surface area contributed by atoms with E-state index in [0.29, 0.717) is 0 Å². The number of hydrogen-bond acceptors (Lipinski definition) is 5. The van der Waals surface area contributed by atoms with Crippen molar-refractivity contribution in [3.63, 3.8) is 0 Å². The van der Waals surface area contributed by atoms with Gasteiger partial charge in [-0.05, 0) is 32.9 Å². The van der Waals surface area contributed by atoms with Gasteiger partial charge in [0.1, 0.15) is 5.92 Å². The average Bonchev–Trinajstić information content (AvgIpc) is 2.61. The summed E-state index contributed by atoms with van der Waals surface area (Å²) >= 11 is 0. The van der Waals surface area contributed by atoms with Gasteiger partial charge in [-0.3, -0.25) is 4.85 Å². The average molecular weight is 339 g/mol. The van der Waals surface area contributed by atoms with Gasteiger partial charge < -0.3 is 14.6 Å². The molecular weight excluding hydrogens is 318 g/mol. The van der Waals surface area contributed by atoms with Crippen molar-refractivity contribution in [2.45, 2.75) is 42.9 Å². The zero-order chi connectivity index (χ0) is 17.3. The van der Waals surface area contributed by atoms with Crippen molar-refractivity contribution >= 4 is 9.84 Å². The normalized spacial score (nSPS) is 26.0. The van der Waals surface area contributed by atoms with Crippen molar-refractivity contribution in [3.8, 4) is 0 Å². The minimum Gasteiger partial charge on any atom is -0.390 e. The van der Waals surface area contributed by atoms with Gasteiger partial charge in [0.2, 0.25) is 0 Å². The van der Waals surface area contributed by atoms with Gasteiger partial charge in [0.05, 0.1) is 24.2 Å². The largest absolute Gasteiger partial charge is 0.390 e. The van der Waals surface area contributed by atoms with E-state index < -0.39 is 33.0 Å². The van der Waals surface area contributed by atoms with Crippen LogP contribution in [0.1, 0.15) is 19.4 Å². The summed E-state index contributed by atoms with van der Waals surface area (Å²) in [6.45, 7) is 12.4. The Morgan fingerprint density at radius 2 is 1.83 bits per heavy atom. The van der Waals surface area contributed by atoms with Gasteiger partial charge in [-0.1, -0.05) is 17.7 Å².